The number of alkyl halides is 3. The molecule has 18 heavy (non-hydrogen) atoms. The summed E-state index contributed by atoms with van der Waals surface area (Å²) in [6, 6.07) is 5.37. The predicted molar refractivity (Wildman–Crippen MR) is 62.1 cm³/mol. The molecule has 1 unspecified atom stereocenters. The number of hydrogen-bond donors (Lipinski definition) is 1. The van der Waals surface area contributed by atoms with Gasteiger partial charge in [0.15, 0.2) is 0 Å². The van der Waals surface area contributed by atoms with Crippen LogP contribution in [0.2, 0.25) is 0 Å². The number of nitrogens with one attached hydrogen (secondary N) is 1. The summed E-state index contributed by atoms with van der Waals surface area (Å²) in [4.78, 5) is 0. The van der Waals surface area contributed by atoms with E-state index in [4.69, 9.17) is 4.74 Å². The van der Waals surface area contributed by atoms with Gasteiger partial charge in [-0.05, 0) is 25.5 Å². The van der Waals surface area contributed by atoms with Gasteiger partial charge < -0.3 is 4.74 Å². The Kier molecular flexibility index (Phi) is 3.38. The lowest BCUT2D eigenvalue weighted by atomic mass is 10.1. The minimum Gasteiger partial charge on any atom is -0.356 e. The number of rotatable bonds is 2. The van der Waals surface area contributed by atoms with E-state index in [0.29, 0.717) is 18.5 Å². The Balaban J connectivity index is 2.07. The summed E-state index contributed by atoms with van der Waals surface area (Å²) < 4.78 is 43.4. The molecule has 0 aliphatic carbocycles. The van der Waals surface area contributed by atoms with Gasteiger partial charge in [-0.25, -0.2) is 0 Å². The van der Waals surface area contributed by atoms with Crippen molar-refractivity contribution in [3.05, 3.63) is 35.4 Å². The van der Waals surface area contributed by atoms with Crippen LogP contribution in [0.1, 0.15) is 25.0 Å². The highest BCUT2D eigenvalue weighted by atomic mass is 19.4. The first-order valence-electron chi connectivity index (χ1n) is 5.84. The lowest BCUT2D eigenvalue weighted by Crippen LogP contribution is -2.25. The van der Waals surface area contributed by atoms with Crippen LogP contribution in [0.3, 0.4) is 0 Å². The summed E-state index contributed by atoms with van der Waals surface area (Å²) in [5.74, 6) is 0. The third-order valence-corrected chi connectivity index (χ3v) is 2.89. The van der Waals surface area contributed by atoms with Crippen molar-refractivity contribution in [1.82, 2.24) is 5.32 Å². The Hall–Kier alpha value is -1.07. The smallest absolute Gasteiger partial charge is 0.356 e. The first-order chi connectivity index (χ1) is 8.26. The standard InChI is InChI=1S/C13H16F3NO/c1-12(2)8-17-11(18-12)7-9-4-3-5-10(6-9)13(14,15)16/h3-6,11,17H,7-8H2,1-2H3. The van der Waals surface area contributed by atoms with Crippen molar-refractivity contribution in [1.29, 1.82) is 0 Å². The van der Waals surface area contributed by atoms with Crippen molar-refractivity contribution < 1.29 is 17.9 Å². The van der Waals surface area contributed by atoms with E-state index < -0.39 is 11.7 Å². The zero-order chi connectivity index (χ0) is 13.4. The van der Waals surface area contributed by atoms with Crippen LogP contribution in [-0.2, 0) is 17.3 Å². The van der Waals surface area contributed by atoms with Crippen LogP contribution in [0.4, 0.5) is 13.2 Å². The van der Waals surface area contributed by atoms with Gasteiger partial charge >= 0.3 is 6.18 Å². The van der Waals surface area contributed by atoms with Gasteiger partial charge in [-0.1, -0.05) is 18.2 Å². The predicted octanol–water partition coefficient (Wildman–Crippen LogP) is 2.97. The van der Waals surface area contributed by atoms with E-state index in [1.165, 1.54) is 12.1 Å². The van der Waals surface area contributed by atoms with E-state index in [2.05, 4.69) is 5.32 Å². The molecule has 1 aromatic rings. The first kappa shape index (κ1) is 13.4. The molecular weight excluding hydrogens is 243 g/mol. The highest BCUT2D eigenvalue weighted by Gasteiger charge is 2.33. The molecule has 0 bridgehead atoms. The number of halogens is 3. The molecular formula is C13H16F3NO. The molecule has 1 saturated heterocycles. The monoisotopic (exact) mass is 259 g/mol. The summed E-state index contributed by atoms with van der Waals surface area (Å²) >= 11 is 0. The van der Waals surface area contributed by atoms with E-state index in [1.807, 2.05) is 13.8 Å². The lowest BCUT2D eigenvalue weighted by molar-refractivity contribution is -0.137. The van der Waals surface area contributed by atoms with Crippen molar-refractivity contribution in [2.45, 2.75) is 38.3 Å². The molecule has 0 radical (unpaired) electrons. The van der Waals surface area contributed by atoms with E-state index in [-0.39, 0.29) is 11.8 Å². The fourth-order valence-corrected chi connectivity index (χ4v) is 2.03. The van der Waals surface area contributed by atoms with E-state index in [1.54, 1.807) is 6.07 Å². The molecule has 1 aliphatic heterocycles. The quantitative estimate of drug-likeness (QED) is 0.881. The van der Waals surface area contributed by atoms with Gasteiger partial charge in [-0.2, -0.15) is 13.2 Å². The highest BCUT2D eigenvalue weighted by Crippen LogP contribution is 2.30. The Morgan fingerprint density at radius 2 is 2.11 bits per heavy atom. The Labute approximate surface area is 104 Å². The van der Waals surface area contributed by atoms with Gasteiger partial charge in [0, 0.05) is 13.0 Å². The molecule has 1 aliphatic rings. The average molecular weight is 259 g/mol. The van der Waals surface area contributed by atoms with Crippen LogP contribution in [0.25, 0.3) is 0 Å². The third kappa shape index (κ3) is 3.23. The molecule has 1 heterocycles. The average Bonchev–Trinajstić information content (AvgIpc) is 2.57. The van der Waals surface area contributed by atoms with E-state index in [9.17, 15) is 13.2 Å². The van der Waals surface area contributed by atoms with Crippen molar-refractivity contribution >= 4 is 0 Å². The topological polar surface area (TPSA) is 21.3 Å². The highest BCUT2D eigenvalue weighted by molar-refractivity contribution is 5.26. The van der Waals surface area contributed by atoms with Crippen LogP contribution >= 0.6 is 0 Å². The van der Waals surface area contributed by atoms with E-state index >= 15 is 0 Å². The molecule has 1 N–H and O–H groups in total. The molecule has 1 atom stereocenters. The number of ether oxygens (including phenoxy) is 1. The van der Waals surface area contributed by atoms with Crippen molar-refractivity contribution in [3.63, 3.8) is 0 Å². The molecule has 2 nitrogen and oxygen atoms in total. The van der Waals surface area contributed by atoms with Gasteiger partial charge in [0.05, 0.1) is 11.2 Å². The van der Waals surface area contributed by atoms with Gasteiger partial charge in [0.2, 0.25) is 0 Å². The maximum absolute atomic E-state index is 12.6. The van der Waals surface area contributed by atoms with Crippen LogP contribution in [-0.4, -0.2) is 18.4 Å². The summed E-state index contributed by atoms with van der Waals surface area (Å²) in [6.45, 7) is 4.61. The van der Waals surface area contributed by atoms with Gasteiger partial charge in [-0.15, -0.1) is 0 Å². The maximum atomic E-state index is 12.6. The zero-order valence-corrected chi connectivity index (χ0v) is 10.3. The second-order valence-electron chi connectivity index (χ2n) is 5.15. The second-order valence-corrected chi connectivity index (χ2v) is 5.15. The Morgan fingerprint density at radius 3 is 2.67 bits per heavy atom. The number of benzene rings is 1. The second kappa shape index (κ2) is 4.55. The van der Waals surface area contributed by atoms with Crippen molar-refractivity contribution in [2.75, 3.05) is 6.54 Å². The summed E-state index contributed by atoms with van der Waals surface area (Å²) in [5.41, 5.74) is -0.246. The summed E-state index contributed by atoms with van der Waals surface area (Å²) in [5, 5.41) is 3.15. The molecule has 100 valence electrons. The molecule has 1 fully saturated rings. The minimum absolute atomic E-state index is 0.219. The minimum atomic E-state index is -4.29. The fourth-order valence-electron chi connectivity index (χ4n) is 2.03. The van der Waals surface area contributed by atoms with Crippen LogP contribution in [0.15, 0.2) is 24.3 Å². The van der Waals surface area contributed by atoms with Gasteiger partial charge in [0.25, 0.3) is 0 Å². The number of hydrogen-bond acceptors (Lipinski definition) is 2. The SMILES string of the molecule is CC1(C)CNC(Cc2cccc(C(F)(F)F)c2)O1. The molecule has 1 aromatic carbocycles. The molecule has 0 amide bonds. The molecule has 0 saturated carbocycles. The molecule has 0 spiro atoms. The molecule has 0 aromatic heterocycles. The van der Waals surface area contributed by atoms with Crippen LogP contribution in [0.5, 0.6) is 0 Å². The van der Waals surface area contributed by atoms with Gasteiger partial charge in [0.1, 0.15) is 6.23 Å². The molecule has 2 rings (SSSR count). The fraction of sp³-hybridized carbons (Fsp3) is 0.538. The van der Waals surface area contributed by atoms with Gasteiger partial charge in [-0.3, -0.25) is 5.32 Å². The third-order valence-electron chi connectivity index (χ3n) is 2.89. The van der Waals surface area contributed by atoms with E-state index in [0.717, 1.165) is 6.07 Å². The zero-order valence-electron chi connectivity index (χ0n) is 10.3. The van der Waals surface area contributed by atoms with Crippen LogP contribution in [0, 0.1) is 0 Å². The summed E-state index contributed by atoms with van der Waals surface area (Å²) in [7, 11) is 0. The molecule has 5 heteroatoms. The van der Waals surface area contributed by atoms with Crippen LogP contribution < -0.4 is 5.32 Å². The summed E-state index contributed by atoms with van der Waals surface area (Å²) in [6.07, 6.45) is -4.07. The van der Waals surface area contributed by atoms with Crippen molar-refractivity contribution in [3.8, 4) is 0 Å². The maximum Gasteiger partial charge on any atom is 0.416 e. The Morgan fingerprint density at radius 1 is 1.39 bits per heavy atom. The first-order valence-corrected chi connectivity index (χ1v) is 5.84. The lowest BCUT2D eigenvalue weighted by Gasteiger charge is -2.18. The Bertz CT molecular complexity index is 428. The normalized spacial score (nSPS) is 23.3. The largest absolute Gasteiger partial charge is 0.416 e. The van der Waals surface area contributed by atoms with Crippen molar-refractivity contribution in [2.24, 2.45) is 0 Å².